The molecule has 0 aliphatic carbocycles. The van der Waals surface area contributed by atoms with E-state index < -0.39 is 11.2 Å². The zero-order chi connectivity index (χ0) is 23.4. The first-order valence-electron chi connectivity index (χ1n) is 10.7. The number of nitrogens with one attached hydrogen (secondary N) is 1. The fourth-order valence-corrected chi connectivity index (χ4v) is 5.50. The summed E-state index contributed by atoms with van der Waals surface area (Å²) in [6, 6.07) is 10.8. The van der Waals surface area contributed by atoms with Gasteiger partial charge in [0.2, 0.25) is 0 Å². The number of para-hydroxylation sites is 1. The van der Waals surface area contributed by atoms with Crippen LogP contribution in [0, 0.1) is 0 Å². The SMILES string of the molecule is C[S+]([O-])c1n[nH]c2ncnc(N3CCC[C@H]3c3nn4ccc(Cl)c4c(=O)n3-c3ccccc3)c12. The van der Waals surface area contributed by atoms with Crippen molar-refractivity contribution < 1.29 is 4.55 Å². The van der Waals surface area contributed by atoms with Crippen molar-refractivity contribution in [2.45, 2.75) is 23.9 Å². The van der Waals surface area contributed by atoms with E-state index in [2.05, 4.69) is 25.1 Å². The van der Waals surface area contributed by atoms with Crippen molar-refractivity contribution in [2.24, 2.45) is 0 Å². The van der Waals surface area contributed by atoms with Gasteiger partial charge in [-0.15, -0.1) is 5.10 Å². The Morgan fingerprint density at radius 3 is 2.82 bits per heavy atom. The van der Waals surface area contributed by atoms with Crippen LogP contribution in [0.1, 0.15) is 24.7 Å². The monoisotopic (exact) mass is 494 g/mol. The second-order valence-electron chi connectivity index (χ2n) is 8.05. The summed E-state index contributed by atoms with van der Waals surface area (Å²) in [7, 11) is 0. The second-order valence-corrected chi connectivity index (χ2v) is 9.75. The van der Waals surface area contributed by atoms with Crippen LogP contribution in [0.2, 0.25) is 5.02 Å². The largest absolute Gasteiger partial charge is 0.610 e. The third kappa shape index (κ3) is 3.19. The van der Waals surface area contributed by atoms with Gasteiger partial charge < -0.3 is 9.45 Å². The molecule has 10 nitrogen and oxygen atoms in total. The van der Waals surface area contributed by atoms with Gasteiger partial charge in [0.1, 0.15) is 29.3 Å². The van der Waals surface area contributed by atoms with Crippen molar-refractivity contribution in [1.82, 2.24) is 34.3 Å². The molecule has 1 saturated heterocycles. The molecule has 0 amide bonds. The zero-order valence-electron chi connectivity index (χ0n) is 18.1. The molecular formula is C22H19ClN8O2S. The van der Waals surface area contributed by atoms with E-state index in [1.54, 1.807) is 23.1 Å². The molecule has 0 radical (unpaired) electrons. The molecule has 12 heteroatoms. The quantitative estimate of drug-likeness (QED) is 0.381. The summed E-state index contributed by atoms with van der Waals surface area (Å²) in [6.07, 6.45) is 6.35. The van der Waals surface area contributed by atoms with Gasteiger partial charge >= 0.3 is 0 Å². The van der Waals surface area contributed by atoms with Gasteiger partial charge in [-0.25, -0.2) is 14.5 Å². The van der Waals surface area contributed by atoms with Crippen LogP contribution in [-0.4, -0.2) is 51.7 Å². The average Bonchev–Trinajstić information content (AvgIpc) is 3.57. The van der Waals surface area contributed by atoms with Crippen LogP contribution in [0.5, 0.6) is 0 Å². The van der Waals surface area contributed by atoms with E-state index in [9.17, 15) is 9.35 Å². The van der Waals surface area contributed by atoms with E-state index in [1.165, 1.54) is 10.8 Å². The maximum absolute atomic E-state index is 13.7. The minimum absolute atomic E-state index is 0.246. The van der Waals surface area contributed by atoms with Crippen LogP contribution in [0.3, 0.4) is 0 Å². The summed E-state index contributed by atoms with van der Waals surface area (Å²) >= 11 is 5.00. The number of fused-ring (bicyclic) bond motifs is 2. The van der Waals surface area contributed by atoms with Crippen LogP contribution in [-0.2, 0) is 11.2 Å². The van der Waals surface area contributed by atoms with Gasteiger partial charge in [-0.05, 0) is 31.0 Å². The number of benzene rings is 1. The van der Waals surface area contributed by atoms with Gasteiger partial charge in [0.25, 0.3) is 10.6 Å². The van der Waals surface area contributed by atoms with Crippen LogP contribution < -0.4 is 10.5 Å². The van der Waals surface area contributed by atoms with Gasteiger partial charge in [0.15, 0.2) is 11.5 Å². The molecule has 1 aliphatic rings. The van der Waals surface area contributed by atoms with E-state index in [0.717, 1.165) is 12.8 Å². The lowest BCUT2D eigenvalue weighted by Gasteiger charge is -2.27. The number of nitrogens with zero attached hydrogens (tertiary/aromatic N) is 7. The highest BCUT2D eigenvalue weighted by Gasteiger charge is 2.35. The molecule has 1 aliphatic heterocycles. The normalized spacial score (nSPS) is 17.1. The van der Waals surface area contributed by atoms with E-state index in [1.807, 2.05) is 30.3 Å². The van der Waals surface area contributed by atoms with Crippen molar-refractivity contribution >= 4 is 45.1 Å². The summed E-state index contributed by atoms with van der Waals surface area (Å²) in [4.78, 5) is 24.6. The van der Waals surface area contributed by atoms with Crippen LogP contribution in [0.15, 0.2) is 58.7 Å². The molecule has 1 aromatic carbocycles. The molecule has 1 fully saturated rings. The van der Waals surface area contributed by atoms with Crippen molar-refractivity contribution in [3.8, 4) is 5.69 Å². The second kappa shape index (κ2) is 8.12. The van der Waals surface area contributed by atoms with Gasteiger partial charge in [0.05, 0.1) is 16.8 Å². The van der Waals surface area contributed by atoms with Gasteiger partial charge in [-0.2, -0.15) is 5.10 Å². The maximum atomic E-state index is 13.7. The molecule has 6 rings (SSSR count). The molecular weight excluding hydrogens is 476 g/mol. The van der Waals surface area contributed by atoms with Crippen molar-refractivity contribution in [3.05, 3.63) is 70.1 Å². The summed E-state index contributed by atoms with van der Waals surface area (Å²) in [5.74, 6) is 1.19. The summed E-state index contributed by atoms with van der Waals surface area (Å²) < 4.78 is 15.5. The minimum atomic E-state index is -1.33. The Kier molecular flexibility index (Phi) is 5.05. The first kappa shape index (κ1) is 21.1. The molecule has 34 heavy (non-hydrogen) atoms. The predicted molar refractivity (Wildman–Crippen MR) is 129 cm³/mol. The lowest BCUT2D eigenvalue weighted by molar-refractivity contribution is 0.596. The number of halogens is 1. The van der Waals surface area contributed by atoms with Crippen LogP contribution in [0.4, 0.5) is 5.82 Å². The van der Waals surface area contributed by atoms with Crippen molar-refractivity contribution in [2.75, 3.05) is 17.7 Å². The lowest BCUT2D eigenvalue weighted by Crippen LogP contribution is -2.33. The molecule has 172 valence electrons. The standard InChI is InChI=1S/C22H19ClN8O2S/c1-34(33)21-16-18(26-27-21)24-12-25-20(16)29-10-5-8-15(29)19-28-30-11-9-14(23)17(30)22(32)31(19)13-6-3-2-4-7-13/h2-4,6-7,9,11-12,15H,5,8,10H2,1H3,(H,24,25,26,27)/t15-,34?/m0/s1. The van der Waals surface area contributed by atoms with E-state index >= 15 is 0 Å². The van der Waals surface area contributed by atoms with Gasteiger partial charge in [0, 0.05) is 23.9 Å². The molecule has 5 heterocycles. The molecule has 0 spiro atoms. The van der Waals surface area contributed by atoms with Crippen LogP contribution >= 0.6 is 11.6 Å². The maximum Gasteiger partial charge on any atom is 0.284 e. The molecule has 5 aromatic rings. The fraction of sp³-hybridized carbons (Fsp3) is 0.227. The van der Waals surface area contributed by atoms with E-state index in [-0.39, 0.29) is 11.6 Å². The minimum Gasteiger partial charge on any atom is -0.610 e. The highest BCUT2D eigenvalue weighted by molar-refractivity contribution is 7.90. The predicted octanol–water partition coefficient (Wildman–Crippen LogP) is 2.88. The number of aromatic nitrogens is 7. The Labute approximate surface area is 201 Å². The Morgan fingerprint density at radius 1 is 1.21 bits per heavy atom. The fourth-order valence-electron chi connectivity index (χ4n) is 4.62. The summed E-state index contributed by atoms with van der Waals surface area (Å²) in [6.45, 7) is 0.687. The van der Waals surface area contributed by atoms with E-state index in [0.29, 0.717) is 50.5 Å². The highest BCUT2D eigenvalue weighted by atomic mass is 35.5. The Hall–Kier alpha value is -3.41. The Balaban J connectivity index is 1.59. The molecule has 1 unspecified atom stereocenters. The summed E-state index contributed by atoms with van der Waals surface area (Å²) in [5, 5.41) is 13.3. The molecule has 4 aromatic heterocycles. The van der Waals surface area contributed by atoms with E-state index in [4.69, 9.17) is 16.7 Å². The van der Waals surface area contributed by atoms with Crippen molar-refractivity contribution in [1.29, 1.82) is 0 Å². The number of anilines is 1. The summed E-state index contributed by atoms with van der Waals surface area (Å²) in [5.41, 5.74) is 1.29. The van der Waals surface area contributed by atoms with Gasteiger partial charge in [-0.3, -0.25) is 14.5 Å². The topological polar surface area (TPSA) is 120 Å². The third-order valence-electron chi connectivity index (χ3n) is 6.08. The molecule has 2 atom stereocenters. The number of rotatable bonds is 4. The Morgan fingerprint density at radius 2 is 2.03 bits per heavy atom. The number of aromatic amines is 1. The van der Waals surface area contributed by atoms with Gasteiger partial charge in [-0.1, -0.05) is 29.8 Å². The lowest BCUT2D eigenvalue weighted by atomic mass is 10.2. The number of H-pyrrole nitrogens is 1. The number of hydrogen-bond acceptors (Lipinski definition) is 7. The third-order valence-corrected chi connectivity index (χ3v) is 7.22. The zero-order valence-corrected chi connectivity index (χ0v) is 19.6. The number of hydrogen-bond donors (Lipinski definition) is 1. The molecule has 0 saturated carbocycles. The smallest absolute Gasteiger partial charge is 0.284 e. The van der Waals surface area contributed by atoms with Crippen LogP contribution in [0.25, 0.3) is 22.2 Å². The first-order valence-corrected chi connectivity index (χ1v) is 12.6. The van der Waals surface area contributed by atoms with Crippen molar-refractivity contribution in [3.63, 3.8) is 0 Å². The first-order chi connectivity index (χ1) is 16.5. The highest BCUT2D eigenvalue weighted by Crippen LogP contribution is 2.39. The Bertz CT molecular complexity index is 1580. The average molecular weight is 495 g/mol. The molecule has 1 N–H and O–H groups in total. The molecule has 0 bridgehead atoms.